The lowest BCUT2D eigenvalue weighted by Gasteiger charge is -2.27. The zero-order chi connectivity index (χ0) is 18.0. The van der Waals surface area contributed by atoms with E-state index in [1.54, 1.807) is 30.3 Å². The Morgan fingerprint density at radius 2 is 2.00 bits per heavy atom. The lowest BCUT2D eigenvalue weighted by atomic mass is 10.0. The van der Waals surface area contributed by atoms with Crippen molar-refractivity contribution >= 4 is 20.9 Å². The van der Waals surface area contributed by atoms with Crippen LogP contribution in [0.3, 0.4) is 0 Å². The van der Waals surface area contributed by atoms with E-state index in [-0.39, 0.29) is 11.5 Å². The zero-order valence-electron chi connectivity index (χ0n) is 13.5. The van der Waals surface area contributed by atoms with Gasteiger partial charge in [-0.1, -0.05) is 18.2 Å². The highest BCUT2D eigenvalue weighted by Gasteiger charge is 2.27. The molecule has 0 bridgehead atoms. The molecule has 0 fully saturated rings. The third-order valence-electron chi connectivity index (χ3n) is 3.74. The second-order valence-corrected chi connectivity index (χ2v) is 8.83. The van der Waals surface area contributed by atoms with Crippen molar-refractivity contribution in [2.24, 2.45) is 0 Å². The maximum Gasteiger partial charge on any atom is 0.264 e. The minimum Gasteiger partial charge on any atom is -0.486 e. The topological polar surface area (TPSA) is 69.7 Å². The lowest BCUT2D eigenvalue weighted by molar-refractivity contribution is 0.109. The second kappa shape index (κ2) is 7.23. The molecule has 0 aromatic heterocycles. The molecule has 2 unspecified atom stereocenters. The molecule has 1 aliphatic rings. The number of aryl methyl sites for hydroxylation is 1. The van der Waals surface area contributed by atoms with Gasteiger partial charge in [0, 0.05) is 4.90 Å². The summed E-state index contributed by atoms with van der Waals surface area (Å²) < 4.78 is 59.7. The van der Waals surface area contributed by atoms with Gasteiger partial charge < -0.3 is 4.74 Å². The quantitative estimate of drug-likeness (QED) is 0.742. The van der Waals surface area contributed by atoms with Crippen LogP contribution in [-0.4, -0.2) is 31.6 Å². The largest absolute Gasteiger partial charge is 0.486 e. The first-order chi connectivity index (χ1) is 11.8. The van der Waals surface area contributed by atoms with Crippen LogP contribution in [-0.2, 0) is 31.5 Å². The number of ether oxygens (including phenoxy) is 1. The Labute approximate surface area is 148 Å². The van der Waals surface area contributed by atoms with Crippen molar-refractivity contribution in [3.05, 3.63) is 53.8 Å². The van der Waals surface area contributed by atoms with E-state index in [2.05, 4.69) is 0 Å². The average Bonchev–Trinajstić information content (AvgIpc) is 2.58. The Bertz CT molecular complexity index is 897. The minimum atomic E-state index is -3.58. The Morgan fingerprint density at radius 1 is 1.28 bits per heavy atom. The summed E-state index contributed by atoms with van der Waals surface area (Å²) in [5.41, 5.74) is 0.620. The molecular formula is C17H17FO5S2. The fourth-order valence-corrected chi connectivity index (χ4v) is 4.23. The summed E-state index contributed by atoms with van der Waals surface area (Å²) in [5.74, 6) is -0.135. The van der Waals surface area contributed by atoms with Gasteiger partial charge in [0.05, 0.1) is 22.0 Å². The third-order valence-corrected chi connectivity index (χ3v) is 5.71. The number of rotatable bonds is 5. The molecular weight excluding hydrogens is 367 g/mol. The van der Waals surface area contributed by atoms with Crippen molar-refractivity contribution in [2.45, 2.75) is 28.7 Å². The van der Waals surface area contributed by atoms with Crippen molar-refractivity contribution in [1.29, 1.82) is 0 Å². The lowest BCUT2D eigenvalue weighted by Crippen LogP contribution is -2.29. The standard InChI is InChI=1S/C17H17FO5S2/c1-25(20,21)22-11-14-8-7-12-9-13(18)10-16(17(12)23-14)24(19)15-5-3-2-4-6-15/h2-6,9-10,14H,7-8,11H2,1H3. The Morgan fingerprint density at radius 3 is 2.68 bits per heavy atom. The SMILES string of the molecule is CS(=O)(=O)OCC1CCc2cc(F)cc(S(=O)c3ccccc3)c2O1. The van der Waals surface area contributed by atoms with Gasteiger partial charge in [0.25, 0.3) is 10.1 Å². The summed E-state index contributed by atoms with van der Waals surface area (Å²) in [5, 5.41) is 0. The molecule has 25 heavy (non-hydrogen) atoms. The molecule has 0 saturated heterocycles. The number of hydrogen-bond acceptors (Lipinski definition) is 5. The maximum atomic E-state index is 13.9. The molecule has 0 N–H and O–H groups in total. The fraction of sp³-hybridized carbons (Fsp3) is 0.294. The molecule has 0 saturated carbocycles. The van der Waals surface area contributed by atoms with Crippen LogP contribution in [0.1, 0.15) is 12.0 Å². The molecule has 2 atom stereocenters. The molecule has 0 spiro atoms. The number of hydrogen-bond donors (Lipinski definition) is 0. The number of halogens is 1. The van der Waals surface area contributed by atoms with E-state index in [0.717, 1.165) is 6.26 Å². The van der Waals surface area contributed by atoms with Gasteiger partial charge >= 0.3 is 0 Å². The molecule has 1 heterocycles. The van der Waals surface area contributed by atoms with Crippen molar-refractivity contribution in [1.82, 2.24) is 0 Å². The molecule has 2 aromatic rings. The summed E-state index contributed by atoms with van der Waals surface area (Å²) in [6, 6.07) is 11.2. The highest BCUT2D eigenvalue weighted by molar-refractivity contribution is 7.86. The maximum absolute atomic E-state index is 13.9. The van der Waals surface area contributed by atoms with E-state index in [0.29, 0.717) is 29.1 Å². The normalized spacial score (nSPS) is 18.2. The molecule has 0 aliphatic carbocycles. The summed E-state index contributed by atoms with van der Waals surface area (Å²) in [6.07, 6.45) is 1.45. The minimum absolute atomic E-state index is 0.132. The van der Waals surface area contributed by atoms with Crippen LogP contribution in [0.4, 0.5) is 4.39 Å². The molecule has 5 nitrogen and oxygen atoms in total. The van der Waals surface area contributed by atoms with Crippen molar-refractivity contribution in [2.75, 3.05) is 12.9 Å². The monoisotopic (exact) mass is 384 g/mol. The van der Waals surface area contributed by atoms with Gasteiger partial charge in [0.2, 0.25) is 0 Å². The molecule has 2 aromatic carbocycles. The van der Waals surface area contributed by atoms with Crippen LogP contribution in [0, 0.1) is 5.82 Å². The molecule has 1 aliphatic heterocycles. The Balaban J connectivity index is 1.91. The third kappa shape index (κ3) is 4.45. The predicted octanol–water partition coefficient (Wildman–Crippen LogP) is 2.66. The van der Waals surface area contributed by atoms with E-state index in [1.165, 1.54) is 12.1 Å². The van der Waals surface area contributed by atoms with Gasteiger partial charge in [-0.25, -0.2) is 8.60 Å². The van der Waals surface area contributed by atoms with Crippen LogP contribution in [0.5, 0.6) is 5.75 Å². The molecule has 134 valence electrons. The predicted molar refractivity (Wildman–Crippen MR) is 91.0 cm³/mol. The number of fused-ring (bicyclic) bond motifs is 1. The molecule has 0 amide bonds. The molecule has 8 heteroatoms. The smallest absolute Gasteiger partial charge is 0.264 e. The van der Waals surface area contributed by atoms with Crippen molar-refractivity contribution in [3.8, 4) is 5.75 Å². The van der Waals surface area contributed by atoms with Crippen molar-refractivity contribution < 1.29 is 25.9 Å². The highest BCUT2D eigenvalue weighted by atomic mass is 32.2. The van der Waals surface area contributed by atoms with Gasteiger partial charge in [-0.2, -0.15) is 8.42 Å². The van der Waals surface area contributed by atoms with E-state index in [9.17, 15) is 17.0 Å². The van der Waals surface area contributed by atoms with Gasteiger partial charge in [0.15, 0.2) is 0 Å². The van der Waals surface area contributed by atoms with Gasteiger partial charge in [-0.3, -0.25) is 4.18 Å². The van der Waals surface area contributed by atoms with E-state index in [1.807, 2.05) is 0 Å². The second-order valence-electron chi connectivity index (χ2n) is 5.74. The van der Waals surface area contributed by atoms with Gasteiger partial charge in [-0.15, -0.1) is 0 Å². The summed E-state index contributed by atoms with van der Waals surface area (Å²) in [6.45, 7) is -0.132. The van der Waals surface area contributed by atoms with Crippen LogP contribution < -0.4 is 4.74 Å². The van der Waals surface area contributed by atoms with Crippen LogP contribution >= 0.6 is 0 Å². The fourth-order valence-electron chi connectivity index (χ4n) is 2.61. The first kappa shape index (κ1) is 18.0. The first-order valence-electron chi connectivity index (χ1n) is 7.64. The zero-order valence-corrected chi connectivity index (χ0v) is 15.1. The molecule has 0 radical (unpaired) electrons. The average molecular weight is 384 g/mol. The Hall–Kier alpha value is -1.77. The van der Waals surface area contributed by atoms with Crippen LogP contribution in [0.2, 0.25) is 0 Å². The molecule has 3 rings (SSSR count). The number of benzene rings is 2. The highest BCUT2D eigenvalue weighted by Crippen LogP contribution is 2.36. The van der Waals surface area contributed by atoms with Crippen LogP contribution in [0.15, 0.2) is 52.3 Å². The van der Waals surface area contributed by atoms with Crippen LogP contribution in [0.25, 0.3) is 0 Å². The first-order valence-corrected chi connectivity index (χ1v) is 10.6. The van der Waals surface area contributed by atoms with E-state index < -0.39 is 32.8 Å². The van der Waals surface area contributed by atoms with Gasteiger partial charge in [-0.05, 0) is 42.7 Å². The van der Waals surface area contributed by atoms with Gasteiger partial charge in [0.1, 0.15) is 24.3 Å². The van der Waals surface area contributed by atoms with E-state index >= 15 is 0 Å². The summed E-state index contributed by atoms with van der Waals surface area (Å²) in [4.78, 5) is 0.777. The van der Waals surface area contributed by atoms with Crippen molar-refractivity contribution in [3.63, 3.8) is 0 Å². The Kier molecular flexibility index (Phi) is 5.21. The summed E-state index contributed by atoms with van der Waals surface area (Å²) in [7, 11) is -5.18. The summed E-state index contributed by atoms with van der Waals surface area (Å²) >= 11 is 0. The van der Waals surface area contributed by atoms with E-state index in [4.69, 9.17) is 8.92 Å².